The third-order valence-corrected chi connectivity index (χ3v) is 5.67. The van der Waals surface area contributed by atoms with Crippen molar-refractivity contribution in [1.29, 1.82) is 0 Å². The molecule has 0 spiro atoms. The summed E-state index contributed by atoms with van der Waals surface area (Å²) in [6, 6.07) is 4.85. The van der Waals surface area contributed by atoms with Crippen molar-refractivity contribution in [2.45, 2.75) is 18.6 Å². The average molecular weight is 381 g/mol. The first-order chi connectivity index (χ1) is 9.20. The molecule has 0 bridgehead atoms. The Kier molecular flexibility index (Phi) is 4.22. The van der Waals surface area contributed by atoms with Crippen molar-refractivity contribution < 1.29 is 18.0 Å². The van der Waals surface area contributed by atoms with Gasteiger partial charge in [0.2, 0.25) is 15.0 Å². The number of rotatable bonds is 3. The van der Waals surface area contributed by atoms with Crippen LogP contribution in [-0.2, 0) is 13.8 Å². The van der Waals surface area contributed by atoms with Crippen molar-refractivity contribution in [2.24, 2.45) is 0 Å². The fourth-order valence-electron chi connectivity index (χ4n) is 2.03. The second-order valence-corrected chi connectivity index (χ2v) is 8.29. The number of ketones is 1. The molecular formula is C12H11BrClNO4S. The highest BCUT2D eigenvalue weighted by Crippen LogP contribution is 2.33. The largest absolute Gasteiger partial charge is 0.310 e. The Bertz CT molecular complexity index is 689. The predicted octanol–water partition coefficient (Wildman–Crippen LogP) is 2.33. The van der Waals surface area contributed by atoms with E-state index in [0.29, 0.717) is 15.7 Å². The summed E-state index contributed by atoms with van der Waals surface area (Å²) in [6.45, 7) is 1.41. The van der Waals surface area contributed by atoms with E-state index in [-0.39, 0.29) is 24.7 Å². The van der Waals surface area contributed by atoms with Gasteiger partial charge in [-0.3, -0.25) is 9.59 Å². The monoisotopic (exact) mass is 379 g/mol. The number of hydrogen-bond acceptors (Lipinski definition) is 4. The van der Waals surface area contributed by atoms with Gasteiger partial charge in [-0.15, -0.1) is 0 Å². The van der Waals surface area contributed by atoms with Crippen molar-refractivity contribution in [1.82, 2.24) is 0 Å². The van der Waals surface area contributed by atoms with Crippen molar-refractivity contribution >= 4 is 53.0 Å². The molecule has 1 saturated heterocycles. The Morgan fingerprint density at radius 2 is 2.10 bits per heavy atom. The van der Waals surface area contributed by atoms with Gasteiger partial charge >= 0.3 is 0 Å². The molecule has 1 aromatic rings. The molecule has 1 atom stereocenters. The van der Waals surface area contributed by atoms with E-state index in [1.807, 2.05) is 0 Å². The van der Waals surface area contributed by atoms with Crippen LogP contribution in [0.2, 0.25) is 0 Å². The summed E-state index contributed by atoms with van der Waals surface area (Å²) in [5.74, 6) is -0.465. The Hall–Kier alpha value is -0.920. The molecule has 1 aliphatic heterocycles. The summed E-state index contributed by atoms with van der Waals surface area (Å²) in [7, 11) is 1.52. The minimum Gasteiger partial charge on any atom is -0.310 e. The van der Waals surface area contributed by atoms with E-state index < -0.39 is 14.3 Å². The van der Waals surface area contributed by atoms with Gasteiger partial charge in [-0.05, 0) is 35.0 Å². The molecule has 2 rings (SSSR count). The molecule has 5 nitrogen and oxygen atoms in total. The van der Waals surface area contributed by atoms with E-state index >= 15 is 0 Å². The molecule has 1 unspecified atom stereocenters. The molecule has 8 heteroatoms. The molecule has 1 aromatic carbocycles. The van der Waals surface area contributed by atoms with Crippen molar-refractivity contribution in [2.75, 3.05) is 11.4 Å². The molecular weight excluding hydrogens is 370 g/mol. The van der Waals surface area contributed by atoms with Crippen LogP contribution in [0.1, 0.15) is 23.7 Å². The van der Waals surface area contributed by atoms with Crippen LogP contribution in [0.25, 0.3) is 0 Å². The number of benzene rings is 1. The normalized spacial score (nSPS) is 19.4. The lowest BCUT2D eigenvalue weighted by atomic mass is 10.1. The topological polar surface area (TPSA) is 71.5 Å². The van der Waals surface area contributed by atoms with Crippen LogP contribution in [0.15, 0.2) is 22.7 Å². The van der Waals surface area contributed by atoms with Gasteiger partial charge in [-0.1, -0.05) is 6.07 Å². The Morgan fingerprint density at radius 1 is 1.45 bits per heavy atom. The van der Waals surface area contributed by atoms with E-state index in [1.54, 1.807) is 18.2 Å². The van der Waals surface area contributed by atoms with E-state index in [1.165, 1.54) is 11.8 Å². The minimum absolute atomic E-state index is 0.00930. The lowest BCUT2D eigenvalue weighted by Crippen LogP contribution is -2.27. The van der Waals surface area contributed by atoms with Gasteiger partial charge in [0.25, 0.3) is 0 Å². The zero-order chi connectivity index (χ0) is 15.1. The van der Waals surface area contributed by atoms with Crippen molar-refractivity contribution in [3.8, 4) is 0 Å². The first-order valence-electron chi connectivity index (χ1n) is 5.74. The molecule has 0 aromatic heterocycles. The number of nitrogens with zero attached hydrogens (tertiary/aromatic N) is 1. The molecule has 0 saturated carbocycles. The van der Waals surface area contributed by atoms with Gasteiger partial charge in [0.05, 0.1) is 5.69 Å². The molecule has 1 amide bonds. The Morgan fingerprint density at radius 3 is 2.60 bits per heavy atom. The lowest BCUT2D eigenvalue weighted by Gasteiger charge is -2.18. The predicted molar refractivity (Wildman–Crippen MR) is 79.7 cm³/mol. The Labute approximate surface area is 129 Å². The van der Waals surface area contributed by atoms with Crippen LogP contribution in [0.5, 0.6) is 0 Å². The maximum Gasteiger partial charge on any atom is 0.237 e. The zero-order valence-corrected chi connectivity index (χ0v) is 13.6. The average Bonchev–Trinajstić information content (AvgIpc) is 2.71. The third-order valence-electron chi connectivity index (χ3n) is 3.13. The van der Waals surface area contributed by atoms with Crippen LogP contribution in [-0.4, -0.2) is 31.9 Å². The molecule has 1 heterocycles. The quantitative estimate of drug-likeness (QED) is 0.596. The number of carbonyl (C=O) groups is 2. The van der Waals surface area contributed by atoms with Crippen molar-refractivity contribution in [3.63, 3.8) is 0 Å². The van der Waals surface area contributed by atoms with Gasteiger partial charge in [-0.25, -0.2) is 8.42 Å². The number of carbonyl (C=O) groups excluding carboxylic acids is 2. The molecule has 0 aliphatic carbocycles. The summed E-state index contributed by atoms with van der Waals surface area (Å²) in [5, 5.41) is -0.926. The smallest absolute Gasteiger partial charge is 0.237 e. The Balaban J connectivity index is 2.40. The molecule has 0 N–H and O–H groups in total. The highest BCUT2D eigenvalue weighted by atomic mass is 79.9. The van der Waals surface area contributed by atoms with E-state index in [2.05, 4.69) is 15.9 Å². The standard InChI is InChI=1S/C12H11BrClNO4S/c1-7(16)8-2-3-10(13)11(4-8)15-6-9(5-12(15)17)20(14,18)19/h2-4,9H,5-6H2,1H3. The molecule has 0 radical (unpaired) electrons. The highest BCUT2D eigenvalue weighted by Gasteiger charge is 2.38. The van der Waals surface area contributed by atoms with Gasteiger partial charge in [0.15, 0.2) is 5.78 Å². The SMILES string of the molecule is CC(=O)c1ccc(Br)c(N2CC(S(=O)(=O)Cl)CC2=O)c1. The van der Waals surface area contributed by atoms with Crippen LogP contribution >= 0.6 is 26.6 Å². The van der Waals surface area contributed by atoms with E-state index in [0.717, 1.165) is 0 Å². The van der Waals surface area contributed by atoms with Crippen molar-refractivity contribution in [3.05, 3.63) is 28.2 Å². The summed E-state index contributed by atoms with van der Waals surface area (Å²) in [5.41, 5.74) is 0.929. The minimum atomic E-state index is -3.79. The van der Waals surface area contributed by atoms with Gasteiger partial charge in [0, 0.05) is 33.7 Å². The zero-order valence-electron chi connectivity index (χ0n) is 10.5. The van der Waals surface area contributed by atoms with Gasteiger partial charge < -0.3 is 4.90 Å². The van der Waals surface area contributed by atoms with E-state index in [9.17, 15) is 18.0 Å². The molecule has 1 fully saturated rings. The second kappa shape index (κ2) is 5.46. The van der Waals surface area contributed by atoms with Crippen LogP contribution in [0.3, 0.4) is 0 Å². The number of amides is 1. The van der Waals surface area contributed by atoms with Gasteiger partial charge in [0.1, 0.15) is 5.25 Å². The maximum absolute atomic E-state index is 12.0. The molecule has 1 aliphatic rings. The van der Waals surface area contributed by atoms with E-state index in [4.69, 9.17) is 10.7 Å². The number of Topliss-reactive ketones (excluding diaryl/α,β-unsaturated/α-hetero) is 1. The lowest BCUT2D eigenvalue weighted by molar-refractivity contribution is -0.117. The summed E-state index contributed by atoms with van der Waals surface area (Å²) < 4.78 is 23.3. The number of hydrogen-bond donors (Lipinski definition) is 0. The number of halogens is 2. The fraction of sp³-hybridized carbons (Fsp3) is 0.333. The fourth-order valence-corrected chi connectivity index (χ4v) is 3.52. The summed E-state index contributed by atoms with van der Waals surface area (Å²) in [4.78, 5) is 24.7. The third kappa shape index (κ3) is 3.05. The number of anilines is 1. The molecule has 20 heavy (non-hydrogen) atoms. The summed E-state index contributed by atoms with van der Waals surface area (Å²) >= 11 is 3.30. The summed E-state index contributed by atoms with van der Waals surface area (Å²) in [6.07, 6.45) is -0.150. The highest BCUT2D eigenvalue weighted by molar-refractivity contribution is 9.10. The first kappa shape index (κ1) is 15.5. The second-order valence-electron chi connectivity index (χ2n) is 4.53. The van der Waals surface area contributed by atoms with Crippen LogP contribution < -0.4 is 4.90 Å². The van der Waals surface area contributed by atoms with Crippen LogP contribution in [0.4, 0.5) is 5.69 Å². The maximum atomic E-state index is 12.0. The first-order valence-corrected chi connectivity index (χ1v) is 8.91. The van der Waals surface area contributed by atoms with Crippen LogP contribution in [0, 0.1) is 0 Å². The van der Waals surface area contributed by atoms with Gasteiger partial charge in [-0.2, -0.15) is 0 Å². The molecule has 108 valence electrons.